The van der Waals surface area contributed by atoms with E-state index in [2.05, 4.69) is 0 Å². The number of carbonyl (C=O) groups excluding carboxylic acids is 3. The molecule has 0 radical (unpaired) electrons. The summed E-state index contributed by atoms with van der Waals surface area (Å²) in [5.41, 5.74) is -0.0476. The molecule has 2 aromatic carbocycles. The molecule has 116 valence electrons. The number of rotatable bonds is 4. The molecule has 3 rings (SSSR count). The summed E-state index contributed by atoms with van der Waals surface area (Å²) >= 11 is 0. The van der Waals surface area contributed by atoms with Gasteiger partial charge in [0.1, 0.15) is 5.78 Å². The minimum atomic E-state index is -1.11. The first-order valence-electron chi connectivity index (χ1n) is 7.85. The van der Waals surface area contributed by atoms with Crippen molar-refractivity contribution >= 4 is 17.3 Å². The van der Waals surface area contributed by atoms with E-state index in [4.69, 9.17) is 0 Å². The first kappa shape index (κ1) is 15.3. The van der Waals surface area contributed by atoms with Gasteiger partial charge in [0.2, 0.25) is 0 Å². The molecular weight excluding hydrogens is 288 g/mol. The maximum Gasteiger partial charge on any atom is 0.176 e. The van der Waals surface area contributed by atoms with Crippen LogP contribution in [0.25, 0.3) is 0 Å². The molecule has 1 fully saturated rings. The van der Waals surface area contributed by atoms with Crippen molar-refractivity contribution in [1.82, 2.24) is 0 Å². The average Bonchev–Trinajstić information content (AvgIpc) is 2.63. The summed E-state index contributed by atoms with van der Waals surface area (Å²) in [6.07, 6.45) is 1.18. The van der Waals surface area contributed by atoms with Crippen LogP contribution in [0.15, 0.2) is 60.7 Å². The molecule has 23 heavy (non-hydrogen) atoms. The molecule has 0 atom stereocenters. The lowest BCUT2D eigenvalue weighted by Crippen LogP contribution is -2.43. The highest BCUT2D eigenvalue weighted by molar-refractivity contribution is 6.20. The van der Waals surface area contributed by atoms with Gasteiger partial charge in [-0.05, 0) is 12.8 Å². The highest BCUT2D eigenvalue weighted by Crippen LogP contribution is 2.41. The van der Waals surface area contributed by atoms with E-state index < -0.39 is 5.41 Å². The third-order valence-electron chi connectivity index (χ3n) is 4.60. The fourth-order valence-corrected chi connectivity index (χ4v) is 3.24. The largest absolute Gasteiger partial charge is 0.300 e. The number of benzene rings is 2. The van der Waals surface area contributed by atoms with E-state index in [1.54, 1.807) is 48.5 Å². The van der Waals surface area contributed by atoms with Crippen LogP contribution in [-0.4, -0.2) is 17.3 Å². The van der Waals surface area contributed by atoms with Gasteiger partial charge in [0.15, 0.2) is 11.6 Å². The zero-order valence-electron chi connectivity index (χ0n) is 12.8. The highest BCUT2D eigenvalue weighted by atomic mass is 16.2. The Labute approximate surface area is 135 Å². The van der Waals surface area contributed by atoms with E-state index in [-0.39, 0.29) is 30.2 Å². The van der Waals surface area contributed by atoms with E-state index >= 15 is 0 Å². The van der Waals surface area contributed by atoms with Crippen molar-refractivity contribution in [2.75, 3.05) is 0 Å². The Morgan fingerprint density at radius 1 is 0.696 bits per heavy atom. The van der Waals surface area contributed by atoms with Gasteiger partial charge in [-0.2, -0.15) is 0 Å². The molecule has 0 saturated heterocycles. The third kappa shape index (κ3) is 2.87. The lowest BCUT2D eigenvalue weighted by Gasteiger charge is -2.34. The Morgan fingerprint density at radius 3 is 1.48 bits per heavy atom. The number of hydrogen-bond acceptors (Lipinski definition) is 3. The van der Waals surface area contributed by atoms with Crippen molar-refractivity contribution in [3.63, 3.8) is 0 Å². The fraction of sp³-hybridized carbons (Fsp3) is 0.250. The van der Waals surface area contributed by atoms with Crippen LogP contribution in [0.1, 0.15) is 46.4 Å². The summed E-state index contributed by atoms with van der Waals surface area (Å²) in [6.45, 7) is 0. The second kappa shape index (κ2) is 6.29. The van der Waals surface area contributed by atoms with Crippen LogP contribution in [-0.2, 0) is 4.79 Å². The maximum atomic E-state index is 13.1. The topological polar surface area (TPSA) is 51.2 Å². The first-order chi connectivity index (χ1) is 11.1. The molecule has 1 aliphatic carbocycles. The summed E-state index contributed by atoms with van der Waals surface area (Å²) in [6, 6.07) is 17.8. The van der Waals surface area contributed by atoms with Crippen LogP contribution in [0.3, 0.4) is 0 Å². The first-order valence-corrected chi connectivity index (χ1v) is 7.85. The quantitative estimate of drug-likeness (QED) is 0.636. The number of carbonyl (C=O) groups is 3. The third-order valence-corrected chi connectivity index (χ3v) is 4.60. The Balaban J connectivity index is 2.03. The average molecular weight is 306 g/mol. The van der Waals surface area contributed by atoms with Gasteiger partial charge in [-0.1, -0.05) is 60.7 Å². The summed E-state index contributed by atoms with van der Waals surface area (Å²) < 4.78 is 0. The van der Waals surface area contributed by atoms with Crippen molar-refractivity contribution in [1.29, 1.82) is 0 Å². The normalized spacial score (nSPS) is 16.8. The van der Waals surface area contributed by atoms with Crippen LogP contribution < -0.4 is 0 Å². The van der Waals surface area contributed by atoms with Gasteiger partial charge >= 0.3 is 0 Å². The summed E-state index contributed by atoms with van der Waals surface area (Å²) in [5.74, 6) is -0.207. The van der Waals surface area contributed by atoms with Gasteiger partial charge in [-0.25, -0.2) is 0 Å². The molecule has 1 saturated carbocycles. The fourth-order valence-electron chi connectivity index (χ4n) is 3.24. The lowest BCUT2D eigenvalue weighted by atomic mass is 9.65. The Bertz CT molecular complexity index is 668. The van der Waals surface area contributed by atoms with Crippen LogP contribution in [0.2, 0.25) is 0 Å². The summed E-state index contributed by atoms with van der Waals surface area (Å²) in [4.78, 5) is 37.9. The van der Waals surface area contributed by atoms with E-state index in [1.807, 2.05) is 12.1 Å². The van der Waals surface area contributed by atoms with Gasteiger partial charge < -0.3 is 0 Å². The van der Waals surface area contributed by atoms with Crippen LogP contribution in [0, 0.1) is 5.41 Å². The molecule has 2 aromatic rings. The molecule has 0 unspecified atom stereocenters. The van der Waals surface area contributed by atoms with Crippen molar-refractivity contribution < 1.29 is 14.4 Å². The van der Waals surface area contributed by atoms with Crippen LogP contribution in [0.5, 0.6) is 0 Å². The highest BCUT2D eigenvalue weighted by Gasteiger charge is 2.47. The molecule has 0 bridgehead atoms. The van der Waals surface area contributed by atoms with Gasteiger partial charge in [0.25, 0.3) is 0 Å². The van der Waals surface area contributed by atoms with Crippen molar-refractivity contribution in [3.8, 4) is 0 Å². The molecule has 1 aliphatic rings. The van der Waals surface area contributed by atoms with Gasteiger partial charge in [-0.15, -0.1) is 0 Å². The van der Waals surface area contributed by atoms with Crippen molar-refractivity contribution in [3.05, 3.63) is 71.8 Å². The Hall–Kier alpha value is -2.55. The molecule has 3 heteroatoms. The predicted molar refractivity (Wildman–Crippen MR) is 87.5 cm³/mol. The smallest absolute Gasteiger partial charge is 0.176 e. The molecule has 0 spiro atoms. The molecule has 0 heterocycles. The zero-order chi connectivity index (χ0) is 16.3. The molecule has 0 N–H and O–H groups in total. The van der Waals surface area contributed by atoms with Gasteiger partial charge in [0.05, 0.1) is 5.41 Å². The maximum absolute atomic E-state index is 13.1. The van der Waals surface area contributed by atoms with E-state index in [9.17, 15) is 14.4 Å². The number of ketones is 3. The van der Waals surface area contributed by atoms with Gasteiger partial charge in [-0.3, -0.25) is 14.4 Å². The zero-order valence-corrected chi connectivity index (χ0v) is 12.8. The lowest BCUT2D eigenvalue weighted by molar-refractivity contribution is -0.121. The Kier molecular flexibility index (Phi) is 4.20. The molecule has 3 nitrogen and oxygen atoms in total. The second-order valence-electron chi connectivity index (χ2n) is 6.01. The van der Waals surface area contributed by atoms with Crippen molar-refractivity contribution in [2.24, 2.45) is 5.41 Å². The SMILES string of the molecule is O=C1CCC(C(=O)c2ccccc2)(C(=O)c2ccccc2)CC1. The predicted octanol–water partition coefficient (Wildman–Crippen LogP) is 3.88. The molecule has 0 aromatic heterocycles. The van der Waals surface area contributed by atoms with Gasteiger partial charge in [0, 0.05) is 24.0 Å². The monoisotopic (exact) mass is 306 g/mol. The van der Waals surface area contributed by atoms with Crippen molar-refractivity contribution in [2.45, 2.75) is 25.7 Å². The van der Waals surface area contributed by atoms with E-state index in [1.165, 1.54) is 0 Å². The molecular formula is C20H18O3. The minimum absolute atomic E-state index is 0.127. The van der Waals surface area contributed by atoms with Crippen LogP contribution in [0.4, 0.5) is 0 Å². The molecule has 0 aliphatic heterocycles. The number of Topliss-reactive ketones (excluding diaryl/α,β-unsaturated/α-hetero) is 3. The Morgan fingerprint density at radius 2 is 1.09 bits per heavy atom. The van der Waals surface area contributed by atoms with Crippen LogP contribution >= 0.6 is 0 Å². The second-order valence-corrected chi connectivity index (χ2v) is 6.01. The minimum Gasteiger partial charge on any atom is -0.300 e. The van der Waals surface area contributed by atoms with E-state index in [0.717, 1.165) is 0 Å². The summed E-state index contributed by atoms with van der Waals surface area (Å²) in [7, 11) is 0. The number of hydrogen-bond donors (Lipinski definition) is 0. The summed E-state index contributed by atoms with van der Waals surface area (Å²) in [5, 5.41) is 0. The van der Waals surface area contributed by atoms with E-state index in [0.29, 0.717) is 24.0 Å². The molecule has 0 amide bonds. The standard InChI is InChI=1S/C20H18O3/c21-17-11-13-20(14-12-17,18(22)15-7-3-1-4-8-15)19(23)16-9-5-2-6-10-16/h1-10H,11-14H2.